The summed E-state index contributed by atoms with van der Waals surface area (Å²) in [5.74, 6) is 0. The number of rotatable bonds is 7. The van der Waals surface area contributed by atoms with Gasteiger partial charge in [-0.1, -0.05) is 6.92 Å². The van der Waals surface area contributed by atoms with Crippen LogP contribution in [-0.4, -0.2) is 19.6 Å². The molecule has 2 aromatic rings. The third-order valence-corrected chi connectivity index (χ3v) is 3.20. The van der Waals surface area contributed by atoms with Gasteiger partial charge < -0.3 is 5.32 Å². The molecule has 0 aliphatic heterocycles. The standard InChI is InChI=1S/C14H23N5/c1-4-7-18-8-6-13(17-18)10-15-11-14-12(3)9-16-19(14)5-2/h6,8-9,15H,4-5,7,10-11H2,1-3H3. The molecule has 0 fully saturated rings. The normalized spacial score (nSPS) is 11.1. The highest BCUT2D eigenvalue weighted by molar-refractivity contribution is 5.15. The Bertz CT molecular complexity index is 512. The maximum atomic E-state index is 4.52. The second-order valence-corrected chi connectivity index (χ2v) is 4.76. The zero-order chi connectivity index (χ0) is 13.7. The fourth-order valence-electron chi connectivity index (χ4n) is 2.17. The van der Waals surface area contributed by atoms with E-state index in [1.807, 2.05) is 21.8 Å². The van der Waals surface area contributed by atoms with E-state index in [1.165, 1.54) is 11.3 Å². The zero-order valence-electron chi connectivity index (χ0n) is 12.1. The van der Waals surface area contributed by atoms with Crippen molar-refractivity contribution in [1.29, 1.82) is 0 Å². The highest BCUT2D eigenvalue weighted by atomic mass is 15.3. The molecule has 5 heteroatoms. The summed E-state index contributed by atoms with van der Waals surface area (Å²) in [6, 6.07) is 2.08. The molecule has 0 bridgehead atoms. The average Bonchev–Trinajstić information content (AvgIpc) is 2.98. The van der Waals surface area contributed by atoms with Gasteiger partial charge in [0, 0.05) is 32.4 Å². The molecule has 0 amide bonds. The molecule has 0 unspecified atom stereocenters. The van der Waals surface area contributed by atoms with Gasteiger partial charge in [-0.15, -0.1) is 0 Å². The molecule has 0 radical (unpaired) electrons. The summed E-state index contributed by atoms with van der Waals surface area (Å²) < 4.78 is 4.04. The van der Waals surface area contributed by atoms with Gasteiger partial charge in [0.15, 0.2) is 0 Å². The number of nitrogens with zero attached hydrogens (tertiary/aromatic N) is 4. The van der Waals surface area contributed by atoms with Crippen LogP contribution in [0.2, 0.25) is 0 Å². The van der Waals surface area contributed by atoms with Crippen LogP contribution in [0, 0.1) is 6.92 Å². The summed E-state index contributed by atoms with van der Waals surface area (Å²) in [7, 11) is 0. The van der Waals surface area contributed by atoms with Crippen LogP contribution in [0.3, 0.4) is 0 Å². The van der Waals surface area contributed by atoms with Gasteiger partial charge >= 0.3 is 0 Å². The lowest BCUT2D eigenvalue weighted by atomic mass is 10.2. The molecule has 2 aromatic heterocycles. The monoisotopic (exact) mass is 261 g/mol. The van der Waals surface area contributed by atoms with Gasteiger partial charge in [0.1, 0.15) is 0 Å². The molecule has 0 atom stereocenters. The Kier molecular flexibility index (Phi) is 4.74. The van der Waals surface area contributed by atoms with Crippen molar-refractivity contribution in [2.75, 3.05) is 0 Å². The highest BCUT2D eigenvalue weighted by Gasteiger charge is 2.06. The van der Waals surface area contributed by atoms with Gasteiger partial charge in [0.2, 0.25) is 0 Å². The molecule has 0 aromatic carbocycles. The van der Waals surface area contributed by atoms with Crippen molar-refractivity contribution in [1.82, 2.24) is 24.9 Å². The van der Waals surface area contributed by atoms with Crippen molar-refractivity contribution in [3.63, 3.8) is 0 Å². The maximum Gasteiger partial charge on any atom is 0.0762 e. The lowest BCUT2D eigenvalue weighted by molar-refractivity contribution is 0.561. The van der Waals surface area contributed by atoms with Gasteiger partial charge in [-0.05, 0) is 31.9 Å². The number of nitrogens with one attached hydrogen (secondary N) is 1. The Labute approximate surface area is 114 Å². The Hall–Kier alpha value is -1.62. The first kappa shape index (κ1) is 13.8. The Morgan fingerprint density at radius 2 is 2.11 bits per heavy atom. The van der Waals surface area contributed by atoms with Crippen LogP contribution in [0.1, 0.15) is 37.2 Å². The third-order valence-electron chi connectivity index (χ3n) is 3.20. The molecule has 0 spiro atoms. The van der Waals surface area contributed by atoms with Crippen molar-refractivity contribution in [2.45, 2.75) is 53.4 Å². The van der Waals surface area contributed by atoms with Crippen molar-refractivity contribution >= 4 is 0 Å². The molecule has 2 rings (SSSR count). The van der Waals surface area contributed by atoms with Gasteiger partial charge in [0.05, 0.1) is 17.6 Å². The highest BCUT2D eigenvalue weighted by Crippen LogP contribution is 2.07. The molecule has 104 valence electrons. The molecular formula is C14H23N5. The number of hydrogen-bond acceptors (Lipinski definition) is 3. The number of aryl methyl sites for hydroxylation is 3. The first-order valence-corrected chi connectivity index (χ1v) is 6.99. The average molecular weight is 261 g/mol. The summed E-state index contributed by atoms with van der Waals surface area (Å²) in [6.45, 7) is 9.91. The van der Waals surface area contributed by atoms with E-state index in [9.17, 15) is 0 Å². The fourth-order valence-corrected chi connectivity index (χ4v) is 2.17. The van der Waals surface area contributed by atoms with Crippen LogP contribution in [0.4, 0.5) is 0 Å². The van der Waals surface area contributed by atoms with E-state index in [4.69, 9.17) is 0 Å². The van der Waals surface area contributed by atoms with Crippen LogP contribution in [0.25, 0.3) is 0 Å². The molecule has 19 heavy (non-hydrogen) atoms. The van der Waals surface area contributed by atoms with E-state index in [2.05, 4.69) is 42.4 Å². The molecular weight excluding hydrogens is 238 g/mol. The second kappa shape index (κ2) is 6.52. The van der Waals surface area contributed by atoms with E-state index >= 15 is 0 Å². The predicted molar refractivity (Wildman–Crippen MR) is 75.7 cm³/mol. The predicted octanol–water partition coefficient (Wildman–Crippen LogP) is 2.11. The topological polar surface area (TPSA) is 47.7 Å². The summed E-state index contributed by atoms with van der Waals surface area (Å²) in [5.41, 5.74) is 3.59. The number of aromatic nitrogens is 4. The number of hydrogen-bond donors (Lipinski definition) is 1. The largest absolute Gasteiger partial charge is 0.305 e. The summed E-state index contributed by atoms with van der Waals surface area (Å²) >= 11 is 0. The first-order chi connectivity index (χ1) is 9.24. The van der Waals surface area contributed by atoms with Crippen molar-refractivity contribution in [3.8, 4) is 0 Å². The van der Waals surface area contributed by atoms with Gasteiger partial charge in [-0.3, -0.25) is 9.36 Å². The van der Waals surface area contributed by atoms with Crippen molar-refractivity contribution in [2.24, 2.45) is 0 Å². The van der Waals surface area contributed by atoms with Gasteiger partial charge in [-0.2, -0.15) is 10.2 Å². The van der Waals surface area contributed by atoms with Crippen LogP contribution in [0.15, 0.2) is 18.5 Å². The van der Waals surface area contributed by atoms with Crippen LogP contribution < -0.4 is 5.32 Å². The van der Waals surface area contributed by atoms with Crippen LogP contribution >= 0.6 is 0 Å². The van der Waals surface area contributed by atoms with Gasteiger partial charge in [0.25, 0.3) is 0 Å². The summed E-state index contributed by atoms with van der Waals surface area (Å²) in [4.78, 5) is 0. The molecule has 0 saturated carbocycles. The summed E-state index contributed by atoms with van der Waals surface area (Å²) in [6.07, 6.45) is 5.09. The quantitative estimate of drug-likeness (QED) is 0.830. The van der Waals surface area contributed by atoms with Crippen LogP contribution in [-0.2, 0) is 26.2 Å². The minimum absolute atomic E-state index is 0.797. The first-order valence-electron chi connectivity index (χ1n) is 6.99. The summed E-state index contributed by atoms with van der Waals surface area (Å²) in [5, 5.41) is 12.3. The van der Waals surface area contributed by atoms with E-state index in [1.54, 1.807) is 0 Å². The lowest BCUT2D eigenvalue weighted by Crippen LogP contribution is -2.17. The van der Waals surface area contributed by atoms with Crippen LogP contribution in [0.5, 0.6) is 0 Å². The van der Waals surface area contributed by atoms with E-state index in [-0.39, 0.29) is 0 Å². The van der Waals surface area contributed by atoms with E-state index in [0.717, 1.165) is 38.3 Å². The van der Waals surface area contributed by atoms with E-state index < -0.39 is 0 Å². The van der Waals surface area contributed by atoms with Crippen molar-refractivity contribution in [3.05, 3.63) is 35.4 Å². The Morgan fingerprint density at radius 1 is 1.26 bits per heavy atom. The minimum Gasteiger partial charge on any atom is -0.305 e. The van der Waals surface area contributed by atoms with E-state index in [0.29, 0.717) is 0 Å². The molecule has 1 N–H and O–H groups in total. The molecule has 0 aliphatic rings. The molecule has 2 heterocycles. The molecule has 0 saturated heterocycles. The Morgan fingerprint density at radius 3 is 2.84 bits per heavy atom. The smallest absolute Gasteiger partial charge is 0.0762 e. The Balaban J connectivity index is 1.87. The second-order valence-electron chi connectivity index (χ2n) is 4.76. The zero-order valence-corrected chi connectivity index (χ0v) is 12.1. The fraction of sp³-hybridized carbons (Fsp3) is 0.571. The lowest BCUT2D eigenvalue weighted by Gasteiger charge is -2.07. The SMILES string of the molecule is CCCn1ccc(CNCc2c(C)cnn2CC)n1. The van der Waals surface area contributed by atoms with Crippen molar-refractivity contribution < 1.29 is 0 Å². The molecule has 0 aliphatic carbocycles. The maximum absolute atomic E-state index is 4.52. The van der Waals surface area contributed by atoms with Gasteiger partial charge in [-0.25, -0.2) is 0 Å². The molecule has 5 nitrogen and oxygen atoms in total. The minimum atomic E-state index is 0.797. The third kappa shape index (κ3) is 3.44.